The van der Waals surface area contributed by atoms with Crippen LogP contribution in [0.3, 0.4) is 0 Å². The molecule has 6 nitrogen and oxygen atoms in total. The average Bonchev–Trinajstić information content (AvgIpc) is 2.08. The van der Waals surface area contributed by atoms with Crippen LogP contribution in [0.1, 0.15) is 0 Å². The smallest absolute Gasteiger partial charge is 0.173 e. The largest absolute Gasteiger partial charge is 0.394 e. The lowest BCUT2D eigenvalue weighted by molar-refractivity contribution is -0.248. The Balaban J connectivity index is 2.63. The van der Waals surface area contributed by atoms with Crippen LogP contribution in [0.25, 0.3) is 0 Å². The summed E-state index contributed by atoms with van der Waals surface area (Å²) in [4.78, 5) is 0. The lowest BCUT2D eigenvalue weighted by Crippen LogP contribution is -2.61. The number of hydrogen-bond acceptors (Lipinski definition) is 6. The Labute approximate surface area is 69.2 Å². The van der Waals surface area contributed by atoms with Crippen molar-refractivity contribution >= 4 is 0 Å². The Morgan fingerprint density at radius 1 is 1.17 bits per heavy atom. The maximum atomic E-state index is 9.20. The molecule has 0 unspecified atom stereocenters. The van der Waals surface area contributed by atoms with E-state index in [0.717, 1.165) is 0 Å². The molecular formula is C6H13NO5. The second kappa shape index (κ2) is 3.65. The summed E-state index contributed by atoms with van der Waals surface area (Å²) >= 11 is 0. The maximum absolute atomic E-state index is 9.20. The molecule has 1 aliphatic rings. The number of nitrogens with two attached hydrogens (primary N) is 1. The van der Waals surface area contributed by atoms with Gasteiger partial charge >= 0.3 is 0 Å². The number of rotatable bonds is 1. The molecule has 0 amide bonds. The SMILES string of the molecule is N[C@H]1[C@@H](O)[C@H](O)[C@@H](CO)O[C@H]1O. The van der Waals surface area contributed by atoms with Gasteiger partial charge < -0.3 is 30.9 Å². The summed E-state index contributed by atoms with van der Waals surface area (Å²) in [5.74, 6) is 0. The lowest BCUT2D eigenvalue weighted by Gasteiger charge is -2.38. The summed E-state index contributed by atoms with van der Waals surface area (Å²) in [6.45, 7) is -0.470. The quantitative estimate of drug-likeness (QED) is 0.288. The normalized spacial score (nSPS) is 49.2. The van der Waals surface area contributed by atoms with Gasteiger partial charge in [0.1, 0.15) is 18.3 Å². The van der Waals surface area contributed by atoms with Crippen molar-refractivity contribution in [1.29, 1.82) is 0 Å². The van der Waals surface area contributed by atoms with E-state index in [1.54, 1.807) is 0 Å². The van der Waals surface area contributed by atoms with E-state index in [1.165, 1.54) is 0 Å². The van der Waals surface area contributed by atoms with Gasteiger partial charge in [-0.2, -0.15) is 0 Å². The molecule has 0 spiro atoms. The van der Waals surface area contributed by atoms with Gasteiger partial charge in [0, 0.05) is 0 Å². The topological polar surface area (TPSA) is 116 Å². The van der Waals surface area contributed by atoms with Crippen molar-refractivity contribution < 1.29 is 25.2 Å². The van der Waals surface area contributed by atoms with Crippen molar-refractivity contribution in [2.75, 3.05) is 6.61 Å². The number of aliphatic hydroxyl groups is 4. The molecular weight excluding hydrogens is 166 g/mol. The fraction of sp³-hybridized carbons (Fsp3) is 1.00. The van der Waals surface area contributed by atoms with E-state index in [-0.39, 0.29) is 0 Å². The van der Waals surface area contributed by atoms with Crippen LogP contribution in [-0.2, 0) is 4.74 Å². The van der Waals surface area contributed by atoms with Crippen LogP contribution < -0.4 is 5.73 Å². The molecule has 1 fully saturated rings. The second-order valence-corrected chi connectivity index (χ2v) is 2.81. The predicted octanol–water partition coefficient (Wildman–Crippen LogP) is -3.26. The molecule has 1 heterocycles. The fourth-order valence-electron chi connectivity index (χ4n) is 1.12. The highest BCUT2D eigenvalue weighted by molar-refractivity contribution is 4.90. The van der Waals surface area contributed by atoms with Crippen LogP contribution in [0.2, 0.25) is 0 Å². The van der Waals surface area contributed by atoms with Gasteiger partial charge in [-0.1, -0.05) is 0 Å². The van der Waals surface area contributed by atoms with Crippen molar-refractivity contribution in [3.8, 4) is 0 Å². The number of ether oxygens (including phenoxy) is 1. The minimum atomic E-state index is -1.35. The van der Waals surface area contributed by atoms with E-state index in [1.807, 2.05) is 0 Å². The van der Waals surface area contributed by atoms with Crippen molar-refractivity contribution in [3.63, 3.8) is 0 Å². The van der Waals surface area contributed by atoms with Crippen molar-refractivity contribution in [2.45, 2.75) is 30.6 Å². The molecule has 1 rings (SSSR count). The molecule has 0 aliphatic carbocycles. The van der Waals surface area contributed by atoms with Gasteiger partial charge in [0.2, 0.25) is 0 Å². The first-order valence-electron chi connectivity index (χ1n) is 3.64. The molecule has 0 saturated carbocycles. The lowest BCUT2D eigenvalue weighted by atomic mass is 9.98. The summed E-state index contributed by atoms with van der Waals surface area (Å²) < 4.78 is 4.70. The van der Waals surface area contributed by atoms with Gasteiger partial charge in [-0.05, 0) is 0 Å². The third kappa shape index (κ3) is 1.58. The Morgan fingerprint density at radius 2 is 1.75 bits per heavy atom. The zero-order chi connectivity index (χ0) is 9.30. The molecule has 0 radical (unpaired) electrons. The van der Waals surface area contributed by atoms with Gasteiger partial charge in [-0.3, -0.25) is 0 Å². The standard InChI is InChI=1S/C6H13NO5/c7-3-5(10)4(9)2(1-8)12-6(3)11/h2-6,8-11H,1,7H2/t2-,3+,4-,5-,6-/m1/s1. The van der Waals surface area contributed by atoms with Crippen LogP contribution in [0.4, 0.5) is 0 Å². The van der Waals surface area contributed by atoms with E-state index in [0.29, 0.717) is 0 Å². The zero-order valence-corrected chi connectivity index (χ0v) is 6.37. The molecule has 0 aromatic rings. The molecule has 12 heavy (non-hydrogen) atoms. The summed E-state index contributed by atoms with van der Waals surface area (Å²) in [6.07, 6.45) is -4.85. The maximum Gasteiger partial charge on any atom is 0.173 e. The van der Waals surface area contributed by atoms with Gasteiger partial charge in [0.05, 0.1) is 12.6 Å². The molecule has 0 aromatic carbocycles. The van der Waals surface area contributed by atoms with Crippen molar-refractivity contribution in [1.82, 2.24) is 0 Å². The first-order chi connectivity index (χ1) is 5.57. The Bertz CT molecular complexity index is 150. The molecule has 1 aliphatic heterocycles. The summed E-state index contributed by atoms with van der Waals surface area (Å²) in [5.41, 5.74) is 5.26. The number of aliphatic hydroxyl groups excluding tert-OH is 4. The third-order valence-electron chi connectivity index (χ3n) is 1.95. The Kier molecular flexibility index (Phi) is 2.99. The van der Waals surface area contributed by atoms with E-state index >= 15 is 0 Å². The van der Waals surface area contributed by atoms with Gasteiger partial charge in [0.15, 0.2) is 6.29 Å². The first kappa shape index (κ1) is 9.85. The Hall–Kier alpha value is -0.240. The Morgan fingerprint density at radius 3 is 2.25 bits per heavy atom. The second-order valence-electron chi connectivity index (χ2n) is 2.81. The van der Waals surface area contributed by atoms with Crippen molar-refractivity contribution in [3.05, 3.63) is 0 Å². The van der Waals surface area contributed by atoms with E-state index in [4.69, 9.17) is 20.7 Å². The highest BCUT2D eigenvalue weighted by Gasteiger charge is 2.41. The van der Waals surface area contributed by atoms with Crippen LogP contribution in [0.5, 0.6) is 0 Å². The van der Waals surface area contributed by atoms with E-state index in [2.05, 4.69) is 0 Å². The minimum Gasteiger partial charge on any atom is -0.394 e. The highest BCUT2D eigenvalue weighted by atomic mass is 16.6. The van der Waals surface area contributed by atoms with Gasteiger partial charge in [0.25, 0.3) is 0 Å². The van der Waals surface area contributed by atoms with Crippen LogP contribution in [0, 0.1) is 0 Å². The minimum absolute atomic E-state index is 0.470. The van der Waals surface area contributed by atoms with Crippen molar-refractivity contribution in [2.24, 2.45) is 5.73 Å². The molecule has 6 N–H and O–H groups in total. The summed E-state index contributed by atoms with van der Waals surface area (Å²) in [6, 6.07) is -1.04. The highest BCUT2D eigenvalue weighted by Crippen LogP contribution is 2.17. The molecule has 6 heteroatoms. The molecule has 1 saturated heterocycles. The molecule has 5 atom stereocenters. The van der Waals surface area contributed by atoms with Crippen LogP contribution >= 0.6 is 0 Å². The van der Waals surface area contributed by atoms with Gasteiger partial charge in [-0.15, -0.1) is 0 Å². The van der Waals surface area contributed by atoms with Gasteiger partial charge in [-0.25, -0.2) is 0 Å². The number of hydrogen-bond donors (Lipinski definition) is 5. The summed E-state index contributed by atoms with van der Waals surface area (Å²) in [7, 11) is 0. The fourth-order valence-corrected chi connectivity index (χ4v) is 1.12. The van der Waals surface area contributed by atoms with E-state index in [9.17, 15) is 10.2 Å². The molecule has 0 aromatic heterocycles. The third-order valence-corrected chi connectivity index (χ3v) is 1.95. The molecule has 72 valence electrons. The predicted molar refractivity (Wildman–Crippen MR) is 38.0 cm³/mol. The van der Waals surface area contributed by atoms with E-state index < -0.39 is 37.3 Å². The first-order valence-corrected chi connectivity index (χ1v) is 3.64. The zero-order valence-electron chi connectivity index (χ0n) is 6.37. The average molecular weight is 179 g/mol. The monoisotopic (exact) mass is 179 g/mol. The van der Waals surface area contributed by atoms with Crippen LogP contribution in [0.15, 0.2) is 0 Å². The molecule has 0 bridgehead atoms. The van der Waals surface area contributed by atoms with Crippen LogP contribution in [-0.4, -0.2) is 57.7 Å². The summed E-state index contributed by atoms with van der Waals surface area (Å²) in [5, 5.41) is 36.1.